The highest BCUT2D eigenvalue weighted by Crippen LogP contribution is 2.34. The third-order valence-electron chi connectivity index (χ3n) is 2.64. The van der Waals surface area contributed by atoms with Crippen LogP contribution in [0.15, 0.2) is 24.3 Å². The molecule has 0 unspecified atom stereocenters. The van der Waals surface area contributed by atoms with E-state index in [0.717, 1.165) is 0 Å². The van der Waals surface area contributed by atoms with Crippen LogP contribution in [0.2, 0.25) is 10.3 Å². The number of fused-ring (bicyclic) bond motifs is 1. The summed E-state index contributed by atoms with van der Waals surface area (Å²) < 4.78 is 15.2. The van der Waals surface area contributed by atoms with Gasteiger partial charge in [-0.3, -0.25) is 0 Å². The second-order valence-electron chi connectivity index (χ2n) is 3.92. The van der Waals surface area contributed by atoms with E-state index < -0.39 is 5.82 Å². The highest BCUT2D eigenvalue weighted by molar-refractivity contribution is 6.38. The third kappa shape index (κ3) is 1.95. The summed E-state index contributed by atoms with van der Waals surface area (Å²) in [5.74, 6) is 0.369. The van der Waals surface area contributed by atoms with Gasteiger partial charge in [-0.05, 0) is 13.0 Å². The highest BCUT2D eigenvalue weighted by atomic mass is 35.5. The van der Waals surface area contributed by atoms with Crippen molar-refractivity contribution in [3.8, 4) is 11.1 Å². The van der Waals surface area contributed by atoms with Gasteiger partial charge in [-0.1, -0.05) is 41.4 Å². The summed E-state index contributed by atoms with van der Waals surface area (Å²) in [6, 6.07) is 6.20. The Morgan fingerprint density at radius 1 is 1.16 bits per heavy atom. The van der Waals surface area contributed by atoms with Crippen LogP contribution in [0.5, 0.6) is 0 Å². The Morgan fingerprint density at radius 2 is 1.89 bits per heavy atom. The van der Waals surface area contributed by atoms with Crippen LogP contribution in [-0.2, 0) is 0 Å². The Balaban J connectivity index is 2.38. The maximum absolute atomic E-state index is 13.9. The van der Waals surface area contributed by atoms with Gasteiger partial charge in [0.05, 0.1) is 5.56 Å². The SMILES string of the molecule is Cc1nc2nc(Cl)c(-c3ccccc3F)c(Cl)n2n1. The Bertz CT molecular complexity index is 785. The van der Waals surface area contributed by atoms with Crippen molar-refractivity contribution >= 4 is 29.0 Å². The number of nitrogens with zero attached hydrogens (tertiary/aromatic N) is 4. The van der Waals surface area contributed by atoms with Crippen LogP contribution in [0.4, 0.5) is 4.39 Å². The van der Waals surface area contributed by atoms with Crippen LogP contribution in [0, 0.1) is 12.7 Å². The first kappa shape index (κ1) is 12.3. The van der Waals surface area contributed by atoms with Crippen molar-refractivity contribution < 1.29 is 4.39 Å². The molecule has 0 radical (unpaired) electrons. The van der Waals surface area contributed by atoms with Gasteiger partial charge < -0.3 is 0 Å². The van der Waals surface area contributed by atoms with E-state index in [1.807, 2.05) is 0 Å². The van der Waals surface area contributed by atoms with Crippen LogP contribution in [0.1, 0.15) is 5.82 Å². The Kier molecular flexibility index (Phi) is 2.88. The Morgan fingerprint density at radius 3 is 2.63 bits per heavy atom. The summed E-state index contributed by atoms with van der Waals surface area (Å²) in [6.45, 7) is 1.71. The molecule has 7 heteroatoms. The van der Waals surface area contributed by atoms with E-state index in [1.54, 1.807) is 25.1 Å². The summed E-state index contributed by atoms with van der Waals surface area (Å²) in [6.07, 6.45) is 0. The third-order valence-corrected chi connectivity index (χ3v) is 3.26. The van der Waals surface area contributed by atoms with Crippen molar-refractivity contribution in [3.05, 3.63) is 46.2 Å². The van der Waals surface area contributed by atoms with Crippen LogP contribution in [-0.4, -0.2) is 19.6 Å². The fourth-order valence-electron chi connectivity index (χ4n) is 1.83. The van der Waals surface area contributed by atoms with Crippen molar-refractivity contribution in [3.63, 3.8) is 0 Å². The number of hydrogen-bond donors (Lipinski definition) is 0. The lowest BCUT2D eigenvalue weighted by Gasteiger charge is -2.08. The first-order valence-electron chi connectivity index (χ1n) is 5.41. The van der Waals surface area contributed by atoms with Gasteiger partial charge >= 0.3 is 0 Å². The Hall–Kier alpha value is -1.72. The first-order chi connectivity index (χ1) is 9.08. The van der Waals surface area contributed by atoms with E-state index in [1.165, 1.54) is 10.6 Å². The molecule has 2 aromatic heterocycles. The predicted octanol–water partition coefficient (Wildman–Crippen LogP) is 3.55. The van der Waals surface area contributed by atoms with E-state index in [0.29, 0.717) is 11.4 Å². The van der Waals surface area contributed by atoms with Gasteiger partial charge in [0.15, 0.2) is 0 Å². The van der Waals surface area contributed by atoms with E-state index in [2.05, 4.69) is 15.1 Å². The van der Waals surface area contributed by atoms with Gasteiger partial charge in [-0.15, -0.1) is 5.10 Å². The molecule has 3 rings (SSSR count). The van der Waals surface area contributed by atoms with Crippen LogP contribution < -0.4 is 0 Å². The standard InChI is InChI=1S/C12H7Cl2FN4/c1-6-16-12-17-10(13)9(11(14)19(12)18-6)7-4-2-3-5-8(7)15/h2-5H,1H3. The normalized spacial score (nSPS) is 11.2. The molecule has 0 bridgehead atoms. The van der Waals surface area contributed by atoms with Crippen molar-refractivity contribution in [2.24, 2.45) is 0 Å². The lowest BCUT2D eigenvalue weighted by Crippen LogP contribution is -1.98. The number of benzene rings is 1. The minimum atomic E-state index is -0.427. The van der Waals surface area contributed by atoms with Crippen molar-refractivity contribution in [1.29, 1.82) is 0 Å². The van der Waals surface area contributed by atoms with Crippen LogP contribution in [0.3, 0.4) is 0 Å². The zero-order valence-corrected chi connectivity index (χ0v) is 11.2. The molecule has 0 amide bonds. The maximum Gasteiger partial charge on any atom is 0.255 e. The minimum absolute atomic E-state index is 0.0926. The molecule has 0 spiro atoms. The lowest BCUT2D eigenvalue weighted by atomic mass is 10.1. The molecule has 3 aromatic rings. The number of halogens is 3. The maximum atomic E-state index is 13.9. The van der Waals surface area contributed by atoms with E-state index in [9.17, 15) is 4.39 Å². The summed E-state index contributed by atoms with van der Waals surface area (Å²) in [5.41, 5.74) is 0.582. The fraction of sp³-hybridized carbons (Fsp3) is 0.0833. The average Bonchev–Trinajstić information content (AvgIpc) is 2.72. The summed E-state index contributed by atoms with van der Waals surface area (Å²) in [4.78, 5) is 8.15. The number of rotatable bonds is 1. The second kappa shape index (κ2) is 4.43. The molecule has 0 fully saturated rings. The van der Waals surface area contributed by atoms with Crippen LogP contribution >= 0.6 is 23.2 Å². The molecule has 0 saturated heterocycles. The molecule has 0 N–H and O–H groups in total. The smallest absolute Gasteiger partial charge is 0.206 e. The largest absolute Gasteiger partial charge is 0.255 e. The topological polar surface area (TPSA) is 43.1 Å². The minimum Gasteiger partial charge on any atom is -0.206 e. The number of hydrogen-bond acceptors (Lipinski definition) is 3. The van der Waals surface area contributed by atoms with Gasteiger partial charge in [0, 0.05) is 5.56 Å². The molecule has 4 nitrogen and oxygen atoms in total. The molecule has 0 aliphatic carbocycles. The summed E-state index contributed by atoms with van der Waals surface area (Å²) >= 11 is 12.3. The molecule has 2 heterocycles. The average molecular weight is 297 g/mol. The zero-order chi connectivity index (χ0) is 13.6. The molecule has 0 atom stereocenters. The predicted molar refractivity (Wildman–Crippen MR) is 70.9 cm³/mol. The van der Waals surface area contributed by atoms with Crippen molar-refractivity contribution in [2.75, 3.05) is 0 Å². The van der Waals surface area contributed by atoms with E-state index in [4.69, 9.17) is 23.2 Å². The zero-order valence-electron chi connectivity index (χ0n) is 9.73. The van der Waals surface area contributed by atoms with Crippen LogP contribution in [0.25, 0.3) is 16.9 Å². The van der Waals surface area contributed by atoms with Gasteiger partial charge in [0.1, 0.15) is 21.9 Å². The lowest BCUT2D eigenvalue weighted by molar-refractivity contribution is 0.631. The highest BCUT2D eigenvalue weighted by Gasteiger charge is 2.18. The van der Waals surface area contributed by atoms with Gasteiger partial charge in [0.2, 0.25) is 0 Å². The molecule has 0 aliphatic rings. The molecular formula is C12H7Cl2FN4. The van der Waals surface area contributed by atoms with Gasteiger partial charge in [-0.2, -0.15) is 14.5 Å². The number of aromatic nitrogens is 4. The van der Waals surface area contributed by atoms with Crippen molar-refractivity contribution in [1.82, 2.24) is 19.6 Å². The molecule has 1 aromatic carbocycles. The first-order valence-corrected chi connectivity index (χ1v) is 6.17. The molecule has 0 aliphatic heterocycles. The summed E-state index contributed by atoms with van der Waals surface area (Å²) in [7, 11) is 0. The van der Waals surface area contributed by atoms with Gasteiger partial charge in [-0.25, -0.2) is 4.39 Å². The molecular weight excluding hydrogens is 290 g/mol. The fourth-order valence-corrected chi connectivity index (χ4v) is 2.45. The number of aryl methyl sites for hydroxylation is 1. The second-order valence-corrected chi connectivity index (χ2v) is 4.64. The van der Waals surface area contributed by atoms with E-state index in [-0.39, 0.29) is 21.6 Å². The summed E-state index contributed by atoms with van der Waals surface area (Å²) in [5, 5.41) is 4.37. The molecule has 0 saturated carbocycles. The van der Waals surface area contributed by atoms with E-state index >= 15 is 0 Å². The van der Waals surface area contributed by atoms with Gasteiger partial charge in [0.25, 0.3) is 5.78 Å². The Labute approximate surface area is 117 Å². The van der Waals surface area contributed by atoms with Crippen molar-refractivity contribution in [2.45, 2.75) is 6.92 Å². The molecule has 96 valence electrons. The monoisotopic (exact) mass is 296 g/mol. The quantitative estimate of drug-likeness (QED) is 0.645. The molecule has 19 heavy (non-hydrogen) atoms.